The van der Waals surface area contributed by atoms with Crippen molar-refractivity contribution in [3.63, 3.8) is 0 Å². The fourth-order valence-electron chi connectivity index (χ4n) is 3.45. The molecule has 144 valence electrons. The van der Waals surface area contributed by atoms with E-state index in [1.54, 1.807) is 9.80 Å². The number of alkyl halides is 1. The molecule has 2 aliphatic rings. The van der Waals surface area contributed by atoms with Crippen LogP contribution in [0.15, 0.2) is 0 Å². The highest BCUT2D eigenvalue weighted by molar-refractivity contribution is 9.09. The van der Waals surface area contributed by atoms with E-state index in [9.17, 15) is 9.59 Å². The SMILES string of the molecule is CN1CC2(CCN(C(=O)OC(C)(C)C)CC2)OC(CCCCBr)C1=O. The summed E-state index contributed by atoms with van der Waals surface area (Å²) >= 11 is 3.43. The van der Waals surface area contributed by atoms with Crippen LogP contribution in [0.5, 0.6) is 0 Å². The predicted molar refractivity (Wildman–Crippen MR) is 99.9 cm³/mol. The summed E-state index contributed by atoms with van der Waals surface area (Å²) in [5, 5.41) is 0.944. The second kappa shape index (κ2) is 8.25. The highest BCUT2D eigenvalue weighted by Gasteiger charge is 2.46. The van der Waals surface area contributed by atoms with Gasteiger partial charge in [0, 0.05) is 32.0 Å². The van der Waals surface area contributed by atoms with Crippen LogP contribution in [0.2, 0.25) is 0 Å². The lowest BCUT2D eigenvalue weighted by atomic mass is 9.88. The zero-order valence-corrected chi connectivity index (χ0v) is 17.4. The summed E-state index contributed by atoms with van der Waals surface area (Å²) in [6.45, 7) is 7.43. The molecule has 25 heavy (non-hydrogen) atoms. The highest BCUT2D eigenvalue weighted by Crippen LogP contribution is 2.34. The average molecular weight is 419 g/mol. The van der Waals surface area contributed by atoms with E-state index < -0.39 is 5.60 Å². The van der Waals surface area contributed by atoms with Crippen LogP contribution in [0.25, 0.3) is 0 Å². The number of carbonyl (C=O) groups is 2. The predicted octanol–water partition coefficient (Wildman–Crippen LogP) is 3.18. The van der Waals surface area contributed by atoms with Crippen LogP contribution in [0.1, 0.15) is 52.9 Å². The summed E-state index contributed by atoms with van der Waals surface area (Å²) in [5.41, 5.74) is -0.819. The first-order valence-electron chi connectivity index (χ1n) is 9.12. The van der Waals surface area contributed by atoms with E-state index in [0.29, 0.717) is 19.6 Å². The third-order valence-electron chi connectivity index (χ3n) is 4.75. The van der Waals surface area contributed by atoms with E-state index >= 15 is 0 Å². The number of likely N-dealkylation sites (N-methyl/N-ethyl adjacent to an activating group) is 1. The number of piperidine rings is 1. The number of likely N-dealkylation sites (tertiary alicyclic amines) is 1. The maximum atomic E-state index is 12.4. The van der Waals surface area contributed by atoms with Crippen LogP contribution in [0, 0.1) is 0 Å². The fourth-order valence-corrected chi connectivity index (χ4v) is 3.85. The number of halogens is 1. The Kier molecular flexibility index (Phi) is 6.76. The maximum absolute atomic E-state index is 12.4. The number of carbonyl (C=O) groups excluding carboxylic acids is 2. The van der Waals surface area contributed by atoms with Crippen molar-refractivity contribution in [3.05, 3.63) is 0 Å². The molecule has 0 aromatic heterocycles. The van der Waals surface area contributed by atoms with E-state index in [-0.39, 0.29) is 23.7 Å². The number of morpholine rings is 1. The first kappa shape index (κ1) is 20.5. The molecule has 0 radical (unpaired) electrons. The van der Waals surface area contributed by atoms with Crippen molar-refractivity contribution >= 4 is 27.9 Å². The normalized spacial score (nSPS) is 23.9. The van der Waals surface area contributed by atoms with Crippen LogP contribution in [0.4, 0.5) is 4.79 Å². The number of hydrogen-bond acceptors (Lipinski definition) is 4. The molecule has 0 saturated carbocycles. The summed E-state index contributed by atoms with van der Waals surface area (Å²) < 4.78 is 11.7. The van der Waals surface area contributed by atoms with Gasteiger partial charge >= 0.3 is 6.09 Å². The van der Waals surface area contributed by atoms with Gasteiger partial charge in [0.25, 0.3) is 5.91 Å². The highest BCUT2D eigenvalue weighted by atomic mass is 79.9. The number of rotatable bonds is 4. The van der Waals surface area contributed by atoms with Crippen molar-refractivity contribution in [1.82, 2.24) is 9.80 Å². The molecule has 0 bridgehead atoms. The van der Waals surface area contributed by atoms with Gasteiger partial charge in [0.15, 0.2) is 0 Å². The summed E-state index contributed by atoms with van der Waals surface area (Å²) in [6.07, 6.45) is 3.61. The lowest BCUT2D eigenvalue weighted by Crippen LogP contribution is -2.61. The summed E-state index contributed by atoms with van der Waals surface area (Å²) in [4.78, 5) is 28.2. The van der Waals surface area contributed by atoms with Gasteiger partial charge in [-0.25, -0.2) is 4.79 Å². The standard InChI is InChI=1S/C18H31BrN2O4/c1-17(2,3)25-16(23)21-11-8-18(9-12-21)13-20(4)15(22)14(24-18)7-5-6-10-19/h14H,5-13H2,1-4H3. The van der Waals surface area contributed by atoms with Crippen molar-refractivity contribution < 1.29 is 19.1 Å². The third kappa shape index (κ3) is 5.58. The van der Waals surface area contributed by atoms with E-state index in [1.165, 1.54) is 0 Å². The van der Waals surface area contributed by atoms with Crippen molar-refractivity contribution in [1.29, 1.82) is 0 Å². The van der Waals surface area contributed by atoms with Gasteiger partial charge in [-0.15, -0.1) is 0 Å². The molecule has 1 spiro atoms. The lowest BCUT2D eigenvalue weighted by molar-refractivity contribution is -0.190. The molecule has 2 heterocycles. The maximum Gasteiger partial charge on any atom is 0.410 e. The van der Waals surface area contributed by atoms with Crippen molar-refractivity contribution in [2.45, 2.75) is 70.2 Å². The molecule has 7 heteroatoms. The summed E-state index contributed by atoms with van der Waals surface area (Å²) in [6, 6.07) is 0. The van der Waals surface area contributed by atoms with Crippen LogP contribution in [-0.2, 0) is 14.3 Å². The number of unbranched alkanes of at least 4 members (excludes halogenated alkanes) is 1. The van der Waals surface area contributed by atoms with Crippen LogP contribution < -0.4 is 0 Å². The smallest absolute Gasteiger partial charge is 0.410 e. The molecule has 2 fully saturated rings. The van der Waals surface area contributed by atoms with Crippen LogP contribution >= 0.6 is 15.9 Å². The van der Waals surface area contributed by atoms with E-state index in [2.05, 4.69) is 15.9 Å². The largest absolute Gasteiger partial charge is 0.444 e. The molecule has 0 aromatic carbocycles. The van der Waals surface area contributed by atoms with Gasteiger partial charge in [0.2, 0.25) is 0 Å². The molecule has 2 amide bonds. The number of nitrogens with zero attached hydrogens (tertiary/aromatic N) is 2. The van der Waals surface area contributed by atoms with Crippen molar-refractivity contribution in [3.8, 4) is 0 Å². The lowest BCUT2D eigenvalue weighted by Gasteiger charge is -2.48. The van der Waals surface area contributed by atoms with Gasteiger partial charge in [0.1, 0.15) is 11.7 Å². The molecule has 1 atom stereocenters. The van der Waals surface area contributed by atoms with Gasteiger partial charge in [-0.3, -0.25) is 4.79 Å². The topological polar surface area (TPSA) is 59.1 Å². The van der Waals surface area contributed by atoms with Crippen LogP contribution in [-0.4, -0.2) is 71.1 Å². The number of amides is 2. The Bertz CT molecular complexity index is 484. The fraction of sp³-hybridized carbons (Fsp3) is 0.889. The minimum absolute atomic E-state index is 0.0785. The Morgan fingerprint density at radius 3 is 2.52 bits per heavy atom. The summed E-state index contributed by atoms with van der Waals surface area (Å²) in [7, 11) is 1.85. The molecule has 6 nitrogen and oxygen atoms in total. The van der Waals surface area contributed by atoms with Gasteiger partial charge in [0.05, 0.1) is 5.60 Å². The van der Waals surface area contributed by atoms with E-state index in [0.717, 1.165) is 37.4 Å². The van der Waals surface area contributed by atoms with Gasteiger partial charge in [-0.1, -0.05) is 15.9 Å². The van der Waals surface area contributed by atoms with Gasteiger partial charge < -0.3 is 19.3 Å². The second-order valence-corrected chi connectivity index (χ2v) is 8.93. The van der Waals surface area contributed by atoms with Crippen LogP contribution in [0.3, 0.4) is 0 Å². The molecule has 2 rings (SSSR count). The molecule has 0 aliphatic carbocycles. The number of ether oxygens (including phenoxy) is 2. The molecule has 0 N–H and O–H groups in total. The Morgan fingerprint density at radius 2 is 1.96 bits per heavy atom. The molecule has 2 saturated heterocycles. The zero-order valence-electron chi connectivity index (χ0n) is 15.8. The Balaban J connectivity index is 1.94. The molecular weight excluding hydrogens is 388 g/mol. The first-order valence-corrected chi connectivity index (χ1v) is 10.2. The Morgan fingerprint density at radius 1 is 1.32 bits per heavy atom. The van der Waals surface area contributed by atoms with Crippen molar-refractivity contribution in [2.75, 3.05) is 32.0 Å². The summed E-state index contributed by atoms with van der Waals surface area (Å²) in [5.74, 6) is 0.0785. The molecule has 1 unspecified atom stereocenters. The second-order valence-electron chi connectivity index (χ2n) is 8.14. The van der Waals surface area contributed by atoms with E-state index in [1.807, 2.05) is 27.8 Å². The minimum atomic E-state index is -0.485. The van der Waals surface area contributed by atoms with Gasteiger partial charge in [-0.2, -0.15) is 0 Å². The number of hydrogen-bond donors (Lipinski definition) is 0. The first-order chi connectivity index (χ1) is 11.7. The zero-order chi connectivity index (χ0) is 18.7. The van der Waals surface area contributed by atoms with Gasteiger partial charge in [-0.05, 0) is 52.9 Å². The molecule has 0 aromatic rings. The Hall–Kier alpha value is -0.820. The minimum Gasteiger partial charge on any atom is -0.444 e. The molecular formula is C18H31BrN2O4. The monoisotopic (exact) mass is 418 g/mol. The average Bonchev–Trinajstić information content (AvgIpc) is 2.51. The van der Waals surface area contributed by atoms with E-state index in [4.69, 9.17) is 9.47 Å². The molecule has 2 aliphatic heterocycles. The third-order valence-corrected chi connectivity index (χ3v) is 5.31. The Labute approximate surface area is 159 Å². The quantitative estimate of drug-likeness (QED) is 0.519. The van der Waals surface area contributed by atoms with Crippen molar-refractivity contribution in [2.24, 2.45) is 0 Å².